The van der Waals surface area contributed by atoms with E-state index in [9.17, 15) is 0 Å². The van der Waals surface area contributed by atoms with Crippen LogP contribution in [-0.4, -0.2) is 0 Å². The van der Waals surface area contributed by atoms with E-state index in [4.69, 9.17) is 0 Å². The molecule has 1 aliphatic carbocycles. The smallest absolute Gasteiger partial charge is 0.0622 e. The molecule has 3 aromatic rings. The molecule has 0 aliphatic heterocycles. The Bertz CT molecular complexity index is 937. The molecule has 3 aromatic carbocycles. The molecule has 27 heavy (non-hydrogen) atoms. The number of hydrogen-bond donors (Lipinski definition) is 0. The van der Waals surface area contributed by atoms with Crippen LogP contribution in [-0.2, 0) is 0 Å². The minimum absolute atomic E-state index is 1.06. The topological polar surface area (TPSA) is 0 Å². The number of allylic oxidation sites excluding steroid dienone is 5. The molecule has 0 N–H and O–H groups in total. The molecule has 0 aromatic heterocycles. The molecule has 0 heteroatoms. The number of hydrogen-bond acceptors (Lipinski definition) is 0. The molecule has 0 nitrogen and oxygen atoms in total. The van der Waals surface area contributed by atoms with Crippen LogP contribution in [0.5, 0.6) is 0 Å². The molecule has 0 fully saturated rings. The maximum absolute atomic E-state index is 3.87. The van der Waals surface area contributed by atoms with Gasteiger partial charge in [0.2, 0.25) is 0 Å². The first-order valence-corrected chi connectivity index (χ1v) is 9.23. The van der Waals surface area contributed by atoms with Gasteiger partial charge in [-0.3, -0.25) is 0 Å². The molecule has 0 spiro atoms. The fourth-order valence-electron chi connectivity index (χ4n) is 2.82. The van der Waals surface area contributed by atoms with Crippen molar-refractivity contribution in [3.05, 3.63) is 132 Å². The van der Waals surface area contributed by atoms with Gasteiger partial charge < -0.3 is 0 Å². The molecule has 0 unspecified atom stereocenters. The molecule has 1 aliphatic rings. The lowest BCUT2D eigenvalue weighted by molar-refractivity contribution is 1.44. The monoisotopic (exact) mass is 349 g/mol. The second kappa shape index (κ2) is 8.91. The summed E-state index contributed by atoms with van der Waals surface area (Å²) >= 11 is 0. The van der Waals surface area contributed by atoms with Crippen LogP contribution in [0.25, 0.3) is 16.7 Å². The van der Waals surface area contributed by atoms with Crippen molar-refractivity contribution in [1.29, 1.82) is 0 Å². The van der Waals surface area contributed by atoms with Crippen LogP contribution in [0.15, 0.2) is 109 Å². The lowest BCUT2D eigenvalue weighted by atomic mass is 9.97. The Kier molecular flexibility index (Phi) is 6.12. The van der Waals surface area contributed by atoms with Crippen LogP contribution in [0.3, 0.4) is 0 Å². The highest BCUT2D eigenvalue weighted by Gasteiger charge is 2.08. The van der Waals surface area contributed by atoms with Crippen molar-refractivity contribution in [3.8, 4) is 11.1 Å². The highest BCUT2D eigenvalue weighted by Crippen LogP contribution is 2.22. The molecule has 132 valence electrons. The van der Waals surface area contributed by atoms with Crippen molar-refractivity contribution >= 4 is 5.57 Å². The van der Waals surface area contributed by atoms with Crippen LogP contribution in [0.2, 0.25) is 0 Å². The van der Waals surface area contributed by atoms with E-state index >= 15 is 0 Å². The predicted octanol–water partition coefficient (Wildman–Crippen LogP) is 7.37. The van der Waals surface area contributed by atoms with Crippen LogP contribution in [0.4, 0.5) is 0 Å². The average molecular weight is 349 g/mol. The molecule has 0 saturated heterocycles. The zero-order valence-electron chi connectivity index (χ0n) is 16.0. The first-order chi connectivity index (χ1) is 13.1. The Morgan fingerprint density at radius 1 is 0.593 bits per heavy atom. The Balaban J connectivity index is 0.000000156. The van der Waals surface area contributed by atoms with Crippen LogP contribution >= 0.6 is 0 Å². The Labute approximate surface area is 163 Å². The quantitative estimate of drug-likeness (QED) is 0.424. The second-order valence-electron chi connectivity index (χ2n) is 6.79. The Hall–Kier alpha value is -3.25. The zero-order chi connectivity index (χ0) is 19.1. The van der Waals surface area contributed by atoms with Crippen molar-refractivity contribution in [1.82, 2.24) is 0 Å². The van der Waals surface area contributed by atoms with E-state index in [2.05, 4.69) is 105 Å². The standard InChI is InChI=1S/C14H13.C13H12/c1-11-3-7-13(8-4-11)14-9-5-12(2)6-10-14;1-11-7-9-13(10-8-11)12-5-3-2-4-6-12/h3-10H,1H2,2H3;2-10H,1H3/q+1;. The van der Waals surface area contributed by atoms with E-state index < -0.39 is 0 Å². The van der Waals surface area contributed by atoms with Crippen LogP contribution in [0, 0.1) is 20.3 Å². The van der Waals surface area contributed by atoms with E-state index in [-0.39, 0.29) is 0 Å². The van der Waals surface area contributed by atoms with Gasteiger partial charge in [-0.25, -0.2) is 0 Å². The Morgan fingerprint density at radius 3 is 1.63 bits per heavy atom. The highest BCUT2D eigenvalue weighted by atomic mass is 14.1. The molecule has 0 amide bonds. The second-order valence-corrected chi connectivity index (χ2v) is 6.79. The molecule has 0 bridgehead atoms. The van der Waals surface area contributed by atoms with E-state index in [1.807, 2.05) is 18.6 Å². The normalized spacial score (nSPS) is 12.5. The highest BCUT2D eigenvalue weighted by molar-refractivity contribution is 5.78. The summed E-state index contributed by atoms with van der Waals surface area (Å²) in [5.41, 5.74) is 8.73. The van der Waals surface area contributed by atoms with Gasteiger partial charge in [0.1, 0.15) is 0 Å². The average Bonchev–Trinajstić information content (AvgIpc) is 2.71. The Morgan fingerprint density at radius 2 is 1.11 bits per heavy atom. The maximum Gasteiger partial charge on any atom is 0.0888 e. The van der Waals surface area contributed by atoms with Gasteiger partial charge in [0, 0.05) is 30.2 Å². The third-order valence-corrected chi connectivity index (χ3v) is 4.50. The van der Waals surface area contributed by atoms with Crippen molar-refractivity contribution in [2.75, 3.05) is 0 Å². The third kappa shape index (κ3) is 5.36. The molecule has 0 saturated carbocycles. The lowest BCUT2D eigenvalue weighted by Gasteiger charge is -2.02. The van der Waals surface area contributed by atoms with Crippen molar-refractivity contribution in [2.24, 2.45) is 0 Å². The SMILES string of the molecule is C=C1C=CC(c2ccc(C)cc2)=C[CH+]1.Cc1ccc(-c2ccccc2)cc1. The first-order valence-electron chi connectivity index (χ1n) is 9.23. The van der Waals surface area contributed by atoms with Gasteiger partial charge >= 0.3 is 0 Å². The van der Waals surface area contributed by atoms with Gasteiger partial charge in [-0.1, -0.05) is 77.9 Å². The van der Waals surface area contributed by atoms with Gasteiger partial charge in [-0.2, -0.15) is 0 Å². The minimum Gasteiger partial charge on any atom is -0.0622 e. The predicted molar refractivity (Wildman–Crippen MR) is 118 cm³/mol. The lowest BCUT2D eigenvalue weighted by Crippen LogP contribution is -1.88. The number of benzene rings is 3. The first kappa shape index (κ1) is 18.5. The van der Waals surface area contributed by atoms with E-state index in [0.717, 1.165) is 5.57 Å². The summed E-state index contributed by atoms with van der Waals surface area (Å²) in [4.78, 5) is 0. The van der Waals surface area contributed by atoms with Crippen molar-refractivity contribution < 1.29 is 0 Å². The fraction of sp³-hybridized carbons (Fsp3) is 0.0741. The number of aryl methyl sites for hydroxylation is 2. The summed E-state index contributed by atoms with van der Waals surface area (Å²) < 4.78 is 0. The summed E-state index contributed by atoms with van der Waals surface area (Å²) in [6, 6.07) is 27.6. The third-order valence-electron chi connectivity index (χ3n) is 4.50. The summed E-state index contributed by atoms with van der Waals surface area (Å²) in [6.45, 7) is 8.08. The molecular weight excluding hydrogens is 324 g/mol. The van der Waals surface area contributed by atoms with E-state index in [1.54, 1.807) is 0 Å². The summed E-state index contributed by atoms with van der Waals surface area (Å²) in [5, 5.41) is 0. The maximum atomic E-state index is 3.87. The van der Waals surface area contributed by atoms with Gasteiger partial charge in [-0.15, -0.1) is 0 Å². The van der Waals surface area contributed by atoms with Gasteiger partial charge in [0.05, 0.1) is 11.1 Å². The minimum atomic E-state index is 1.06. The van der Waals surface area contributed by atoms with Crippen LogP contribution in [0.1, 0.15) is 16.7 Å². The van der Waals surface area contributed by atoms with Gasteiger partial charge in [0.25, 0.3) is 0 Å². The van der Waals surface area contributed by atoms with E-state index in [1.165, 1.54) is 33.4 Å². The summed E-state index contributed by atoms with van der Waals surface area (Å²) in [7, 11) is 0. The number of rotatable bonds is 2. The van der Waals surface area contributed by atoms with E-state index in [0.29, 0.717) is 0 Å². The summed E-state index contributed by atoms with van der Waals surface area (Å²) in [6.07, 6.45) is 8.28. The molecule has 0 atom stereocenters. The fourth-order valence-corrected chi connectivity index (χ4v) is 2.82. The van der Waals surface area contributed by atoms with Gasteiger partial charge in [0.15, 0.2) is 0 Å². The van der Waals surface area contributed by atoms with Crippen molar-refractivity contribution in [2.45, 2.75) is 13.8 Å². The molecular formula is C27H25+. The van der Waals surface area contributed by atoms with Crippen LogP contribution < -0.4 is 0 Å². The summed E-state index contributed by atoms with van der Waals surface area (Å²) in [5.74, 6) is 0. The molecule has 0 heterocycles. The molecule has 0 radical (unpaired) electrons. The van der Waals surface area contributed by atoms with Gasteiger partial charge in [-0.05, 0) is 43.7 Å². The zero-order valence-corrected chi connectivity index (χ0v) is 16.0. The largest absolute Gasteiger partial charge is 0.0888 e. The van der Waals surface area contributed by atoms with Crippen molar-refractivity contribution in [3.63, 3.8) is 0 Å². The molecule has 4 rings (SSSR count).